The predicted molar refractivity (Wildman–Crippen MR) is 111 cm³/mol. The molecule has 0 saturated carbocycles. The van der Waals surface area contributed by atoms with E-state index in [2.05, 4.69) is 9.73 Å². The number of amidine groups is 1. The Morgan fingerprint density at radius 3 is 2.59 bits per heavy atom. The van der Waals surface area contributed by atoms with E-state index in [-0.39, 0.29) is 22.4 Å². The summed E-state index contributed by atoms with van der Waals surface area (Å²) in [5.41, 5.74) is 1.06. The highest BCUT2D eigenvalue weighted by molar-refractivity contribution is 8.14. The number of carbonyl (C=O) groups excluding carboxylic acids is 1. The Bertz CT molecular complexity index is 1040. The van der Waals surface area contributed by atoms with E-state index >= 15 is 0 Å². The Morgan fingerprint density at radius 2 is 1.97 bits per heavy atom. The molecule has 10 heteroatoms. The summed E-state index contributed by atoms with van der Waals surface area (Å²) in [5.74, 6) is -0.411. The molecule has 0 atom stereocenters. The molecular formula is C19H11Cl2F2N3O2S. The number of anilines is 1. The van der Waals surface area contributed by atoms with Gasteiger partial charge in [0.15, 0.2) is 5.17 Å². The summed E-state index contributed by atoms with van der Waals surface area (Å²) in [6.07, 6.45) is 1.52. The number of halogens is 4. The van der Waals surface area contributed by atoms with Gasteiger partial charge in [-0.2, -0.15) is 14.0 Å². The fraction of sp³-hybridized carbons (Fsp3) is 0.105. The van der Waals surface area contributed by atoms with Crippen molar-refractivity contribution >= 4 is 57.8 Å². The first-order valence-corrected chi connectivity index (χ1v) is 9.77. The Balaban J connectivity index is 1.94. The van der Waals surface area contributed by atoms with Crippen molar-refractivity contribution in [1.82, 2.24) is 0 Å². The Morgan fingerprint density at radius 1 is 1.24 bits per heavy atom. The molecule has 0 aromatic heterocycles. The maximum atomic E-state index is 13.0. The van der Waals surface area contributed by atoms with Crippen LogP contribution in [-0.4, -0.2) is 23.4 Å². The van der Waals surface area contributed by atoms with Gasteiger partial charge in [0.1, 0.15) is 11.4 Å². The SMILES string of the molecule is N#CCSC1=N/C(=C/c2ccc(Cl)cc2Cl)C(=O)N1c1ccc(OC(F)F)cc1. The third-order valence-corrected chi connectivity index (χ3v) is 5.04. The van der Waals surface area contributed by atoms with Crippen molar-refractivity contribution in [3.8, 4) is 11.8 Å². The molecule has 2 aromatic carbocycles. The maximum absolute atomic E-state index is 13.0. The van der Waals surface area contributed by atoms with Crippen LogP contribution in [0.4, 0.5) is 14.5 Å². The molecule has 0 radical (unpaired) electrons. The molecule has 0 spiro atoms. The number of ether oxygens (including phenoxy) is 1. The molecule has 0 saturated heterocycles. The highest BCUT2D eigenvalue weighted by atomic mass is 35.5. The van der Waals surface area contributed by atoms with E-state index in [1.54, 1.807) is 18.2 Å². The van der Waals surface area contributed by atoms with E-state index in [1.165, 1.54) is 35.2 Å². The Labute approximate surface area is 179 Å². The van der Waals surface area contributed by atoms with E-state index in [0.29, 0.717) is 21.3 Å². The lowest BCUT2D eigenvalue weighted by Gasteiger charge is -2.17. The van der Waals surface area contributed by atoms with Crippen molar-refractivity contribution in [3.05, 3.63) is 63.8 Å². The van der Waals surface area contributed by atoms with Crippen LogP contribution in [0.15, 0.2) is 53.2 Å². The van der Waals surface area contributed by atoms with Gasteiger partial charge in [0, 0.05) is 10.0 Å². The molecule has 1 aliphatic heterocycles. The van der Waals surface area contributed by atoms with Crippen LogP contribution in [0.2, 0.25) is 10.0 Å². The third-order valence-electron chi connectivity index (χ3n) is 3.67. The molecule has 1 amide bonds. The average Bonchev–Trinajstić information content (AvgIpc) is 2.98. The highest BCUT2D eigenvalue weighted by Gasteiger charge is 2.32. The van der Waals surface area contributed by atoms with Crippen molar-refractivity contribution in [2.24, 2.45) is 4.99 Å². The fourth-order valence-electron chi connectivity index (χ4n) is 2.46. The molecule has 1 aliphatic rings. The van der Waals surface area contributed by atoms with Crippen molar-refractivity contribution in [1.29, 1.82) is 5.26 Å². The van der Waals surface area contributed by atoms with Gasteiger partial charge in [-0.05, 0) is 48.0 Å². The topological polar surface area (TPSA) is 65.7 Å². The lowest BCUT2D eigenvalue weighted by molar-refractivity contribution is -0.113. The van der Waals surface area contributed by atoms with Gasteiger partial charge in [-0.1, -0.05) is 41.0 Å². The summed E-state index contributed by atoms with van der Waals surface area (Å²) < 4.78 is 29.0. The van der Waals surface area contributed by atoms with Gasteiger partial charge < -0.3 is 4.74 Å². The second-order valence-electron chi connectivity index (χ2n) is 5.55. The molecule has 29 heavy (non-hydrogen) atoms. The summed E-state index contributed by atoms with van der Waals surface area (Å²) in [6.45, 7) is -2.95. The van der Waals surface area contributed by atoms with Gasteiger partial charge in [-0.15, -0.1) is 0 Å². The van der Waals surface area contributed by atoms with Gasteiger partial charge in [-0.25, -0.2) is 4.99 Å². The van der Waals surface area contributed by atoms with E-state index in [9.17, 15) is 13.6 Å². The molecule has 0 unspecified atom stereocenters. The normalized spacial score (nSPS) is 15.0. The number of benzene rings is 2. The summed E-state index contributed by atoms with van der Waals surface area (Å²) in [4.78, 5) is 18.6. The van der Waals surface area contributed by atoms with Crippen LogP contribution < -0.4 is 9.64 Å². The Hall–Kier alpha value is -2.60. The standard InChI is InChI=1S/C19H11Cl2F2N3O2S/c20-12-2-1-11(15(21)10-12)9-16-17(27)26(19(25-16)29-8-7-24)13-3-5-14(6-4-13)28-18(22)23/h1-6,9-10,18H,8H2/b16-9+. The first-order valence-electron chi connectivity index (χ1n) is 8.03. The van der Waals surface area contributed by atoms with Gasteiger partial charge in [0.25, 0.3) is 5.91 Å². The quantitative estimate of drug-likeness (QED) is 0.552. The molecule has 1 heterocycles. The van der Waals surface area contributed by atoms with E-state index in [4.69, 9.17) is 28.5 Å². The van der Waals surface area contributed by atoms with Crippen LogP contribution in [-0.2, 0) is 4.79 Å². The smallest absolute Gasteiger partial charge is 0.387 e. The second kappa shape index (κ2) is 9.27. The molecule has 0 aliphatic carbocycles. The van der Waals surface area contributed by atoms with Crippen molar-refractivity contribution in [3.63, 3.8) is 0 Å². The third kappa shape index (κ3) is 5.07. The minimum atomic E-state index is -2.95. The number of nitrogens with zero attached hydrogens (tertiary/aromatic N) is 3. The minimum Gasteiger partial charge on any atom is -0.435 e. The first kappa shape index (κ1) is 21.1. The largest absolute Gasteiger partial charge is 0.435 e. The predicted octanol–water partition coefficient (Wildman–Crippen LogP) is 5.60. The molecule has 0 bridgehead atoms. The van der Waals surface area contributed by atoms with E-state index in [1.807, 2.05) is 6.07 Å². The second-order valence-corrected chi connectivity index (χ2v) is 7.34. The van der Waals surface area contributed by atoms with Gasteiger partial charge in [-0.3, -0.25) is 9.69 Å². The number of hydrogen-bond donors (Lipinski definition) is 0. The van der Waals surface area contributed by atoms with Gasteiger partial charge in [0.2, 0.25) is 0 Å². The summed E-state index contributed by atoms with van der Waals surface area (Å²) in [6, 6.07) is 12.4. The molecule has 5 nitrogen and oxygen atoms in total. The number of nitriles is 1. The van der Waals surface area contributed by atoms with Gasteiger partial charge in [0.05, 0.1) is 17.5 Å². The number of rotatable bonds is 5. The lowest BCUT2D eigenvalue weighted by Crippen LogP contribution is -2.30. The lowest BCUT2D eigenvalue weighted by atomic mass is 10.2. The van der Waals surface area contributed by atoms with Crippen LogP contribution in [0, 0.1) is 11.3 Å². The van der Waals surface area contributed by atoms with Crippen molar-refractivity contribution in [2.75, 3.05) is 10.7 Å². The zero-order chi connectivity index (χ0) is 21.0. The Kier molecular flexibility index (Phi) is 6.75. The van der Waals surface area contributed by atoms with Crippen LogP contribution >= 0.6 is 35.0 Å². The van der Waals surface area contributed by atoms with Crippen molar-refractivity contribution in [2.45, 2.75) is 6.61 Å². The first-order chi connectivity index (χ1) is 13.9. The molecule has 2 aromatic rings. The number of hydrogen-bond acceptors (Lipinski definition) is 5. The fourth-order valence-corrected chi connectivity index (χ4v) is 3.60. The summed E-state index contributed by atoms with van der Waals surface area (Å²) in [5, 5.41) is 9.97. The molecule has 3 rings (SSSR count). The van der Waals surface area contributed by atoms with Crippen molar-refractivity contribution < 1.29 is 18.3 Å². The minimum absolute atomic E-state index is 0.0396. The average molecular weight is 454 g/mol. The van der Waals surface area contributed by atoms with Crippen LogP contribution in [0.5, 0.6) is 5.75 Å². The number of aliphatic imine (C=N–C) groups is 1. The van der Waals surface area contributed by atoms with Gasteiger partial charge >= 0.3 is 6.61 Å². The summed E-state index contributed by atoms with van der Waals surface area (Å²) in [7, 11) is 0. The monoisotopic (exact) mass is 453 g/mol. The maximum Gasteiger partial charge on any atom is 0.387 e. The van der Waals surface area contributed by atoms with E-state index < -0.39 is 12.5 Å². The number of thioether (sulfide) groups is 1. The van der Waals surface area contributed by atoms with Crippen LogP contribution in [0.1, 0.15) is 5.56 Å². The zero-order valence-electron chi connectivity index (χ0n) is 14.5. The molecule has 148 valence electrons. The molecule has 0 N–H and O–H groups in total. The van der Waals surface area contributed by atoms with E-state index in [0.717, 1.165) is 11.8 Å². The number of amides is 1. The number of alkyl halides is 2. The number of carbonyl (C=O) groups is 1. The molecular weight excluding hydrogens is 443 g/mol. The van der Waals surface area contributed by atoms with Crippen LogP contribution in [0.3, 0.4) is 0 Å². The molecule has 0 fully saturated rings. The highest BCUT2D eigenvalue weighted by Crippen LogP contribution is 2.32. The summed E-state index contributed by atoms with van der Waals surface area (Å²) >= 11 is 13.1. The zero-order valence-corrected chi connectivity index (χ0v) is 16.8. The van der Waals surface area contributed by atoms with Crippen LogP contribution in [0.25, 0.3) is 6.08 Å².